The minimum atomic E-state index is 0.747. The van der Waals surface area contributed by atoms with Gasteiger partial charge in [-0.05, 0) is 18.2 Å². The molecule has 3 aromatic rings. The van der Waals surface area contributed by atoms with Crippen molar-refractivity contribution in [3.8, 4) is 0 Å². The zero-order valence-corrected chi connectivity index (χ0v) is 10.8. The lowest BCUT2D eigenvalue weighted by molar-refractivity contribution is 0.112. The standard InChI is InChI=1S/C15H15N3O/c1-17-13(5-8-16-17)6-9-18-10-7-14-12(11-19)3-2-4-15(14)18/h2-5,7-8,10-11H,6,9H2,1H3. The number of aryl methyl sites for hydroxylation is 3. The van der Waals surface area contributed by atoms with Gasteiger partial charge >= 0.3 is 0 Å². The van der Waals surface area contributed by atoms with Gasteiger partial charge in [-0.1, -0.05) is 12.1 Å². The third kappa shape index (κ3) is 2.05. The van der Waals surface area contributed by atoms with Gasteiger partial charge in [-0.15, -0.1) is 0 Å². The smallest absolute Gasteiger partial charge is 0.150 e. The largest absolute Gasteiger partial charge is 0.347 e. The number of aromatic nitrogens is 3. The number of carbonyl (C=O) groups excluding carboxylic acids is 1. The molecule has 96 valence electrons. The number of hydrogen-bond donors (Lipinski definition) is 0. The molecule has 0 radical (unpaired) electrons. The first-order chi connectivity index (χ1) is 9.29. The van der Waals surface area contributed by atoms with Crippen LogP contribution in [0.15, 0.2) is 42.7 Å². The van der Waals surface area contributed by atoms with E-state index in [1.807, 2.05) is 54.5 Å². The first-order valence-electron chi connectivity index (χ1n) is 6.29. The molecular weight excluding hydrogens is 238 g/mol. The van der Waals surface area contributed by atoms with Crippen molar-refractivity contribution in [3.05, 3.63) is 54.0 Å². The Morgan fingerprint density at radius 2 is 2.16 bits per heavy atom. The topological polar surface area (TPSA) is 39.8 Å². The average Bonchev–Trinajstić information content (AvgIpc) is 3.02. The Hall–Kier alpha value is -2.36. The second-order valence-corrected chi connectivity index (χ2v) is 4.60. The van der Waals surface area contributed by atoms with Crippen molar-refractivity contribution in [2.45, 2.75) is 13.0 Å². The Morgan fingerprint density at radius 1 is 1.26 bits per heavy atom. The summed E-state index contributed by atoms with van der Waals surface area (Å²) < 4.78 is 4.07. The van der Waals surface area contributed by atoms with Crippen molar-refractivity contribution in [2.75, 3.05) is 0 Å². The molecule has 4 heteroatoms. The molecule has 0 unspecified atom stereocenters. The van der Waals surface area contributed by atoms with Gasteiger partial charge in [-0.25, -0.2) is 0 Å². The number of carbonyl (C=O) groups is 1. The fourth-order valence-corrected chi connectivity index (χ4v) is 2.43. The van der Waals surface area contributed by atoms with Gasteiger partial charge < -0.3 is 4.57 Å². The molecule has 0 N–H and O–H groups in total. The van der Waals surface area contributed by atoms with Crippen LogP contribution in [0.25, 0.3) is 10.9 Å². The predicted octanol–water partition coefficient (Wildman–Crippen LogP) is 2.43. The second kappa shape index (κ2) is 4.72. The van der Waals surface area contributed by atoms with Crippen LogP contribution in [0.5, 0.6) is 0 Å². The first kappa shape index (κ1) is 11.7. The molecule has 0 saturated carbocycles. The van der Waals surface area contributed by atoms with Crippen LogP contribution in [-0.4, -0.2) is 20.6 Å². The molecule has 0 atom stereocenters. The molecule has 2 aromatic heterocycles. The van der Waals surface area contributed by atoms with Gasteiger partial charge in [0.05, 0.1) is 0 Å². The Kier molecular flexibility index (Phi) is 2.91. The summed E-state index contributed by atoms with van der Waals surface area (Å²) in [6.07, 6.45) is 5.68. The molecule has 0 aliphatic heterocycles. The van der Waals surface area contributed by atoms with Gasteiger partial charge in [0.2, 0.25) is 0 Å². The zero-order chi connectivity index (χ0) is 13.2. The van der Waals surface area contributed by atoms with E-state index < -0.39 is 0 Å². The number of rotatable bonds is 4. The lowest BCUT2D eigenvalue weighted by Gasteiger charge is -2.06. The van der Waals surface area contributed by atoms with E-state index in [1.165, 1.54) is 5.69 Å². The van der Waals surface area contributed by atoms with Crippen molar-refractivity contribution < 1.29 is 4.79 Å². The highest BCUT2D eigenvalue weighted by molar-refractivity contribution is 5.97. The van der Waals surface area contributed by atoms with Crippen LogP contribution in [-0.2, 0) is 20.0 Å². The summed E-state index contributed by atoms with van der Waals surface area (Å²) >= 11 is 0. The Labute approximate surface area is 111 Å². The lowest BCUT2D eigenvalue weighted by atomic mass is 10.1. The third-order valence-electron chi connectivity index (χ3n) is 3.51. The van der Waals surface area contributed by atoms with Crippen molar-refractivity contribution in [1.29, 1.82) is 0 Å². The lowest BCUT2D eigenvalue weighted by Crippen LogP contribution is -2.04. The molecule has 0 amide bonds. The Balaban J connectivity index is 1.90. The van der Waals surface area contributed by atoms with Crippen LogP contribution in [0.3, 0.4) is 0 Å². The van der Waals surface area contributed by atoms with E-state index in [1.54, 1.807) is 0 Å². The van der Waals surface area contributed by atoms with Crippen LogP contribution < -0.4 is 0 Å². The summed E-state index contributed by atoms with van der Waals surface area (Å²) in [5.74, 6) is 0. The van der Waals surface area contributed by atoms with Gasteiger partial charge in [0.15, 0.2) is 6.29 Å². The predicted molar refractivity (Wildman–Crippen MR) is 74.2 cm³/mol. The van der Waals surface area contributed by atoms with E-state index in [0.717, 1.165) is 35.7 Å². The third-order valence-corrected chi connectivity index (χ3v) is 3.51. The highest BCUT2D eigenvalue weighted by Crippen LogP contribution is 2.19. The maximum absolute atomic E-state index is 11.0. The van der Waals surface area contributed by atoms with Gasteiger partial charge in [-0.3, -0.25) is 9.48 Å². The van der Waals surface area contributed by atoms with Crippen molar-refractivity contribution in [3.63, 3.8) is 0 Å². The number of hydrogen-bond acceptors (Lipinski definition) is 2. The molecule has 0 fully saturated rings. The SMILES string of the molecule is Cn1nccc1CCn1ccc2c(C=O)cccc21. The van der Waals surface area contributed by atoms with E-state index >= 15 is 0 Å². The van der Waals surface area contributed by atoms with Crippen LogP contribution in [0.4, 0.5) is 0 Å². The highest BCUT2D eigenvalue weighted by atomic mass is 16.1. The average molecular weight is 253 g/mol. The van der Waals surface area contributed by atoms with E-state index in [0.29, 0.717) is 0 Å². The Bertz CT molecular complexity index is 724. The van der Waals surface area contributed by atoms with E-state index in [-0.39, 0.29) is 0 Å². The Morgan fingerprint density at radius 3 is 2.89 bits per heavy atom. The molecule has 0 aliphatic carbocycles. The van der Waals surface area contributed by atoms with Crippen molar-refractivity contribution >= 4 is 17.2 Å². The van der Waals surface area contributed by atoms with E-state index in [2.05, 4.69) is 9.67 Å². The number of aldehydes is 1. The molecule has 2 heterocycles. The molecule has 0 spiro atoms. The summed E-state index contributed by atoms with van der Waals surface area (Å²) in [6, 6.07) is 9.85. The van der Waals surface area contributed by atoms with Gasteiger partial charge in [-0.2, -0.15) is 5.10 Å². The molecule has 19 heavy (non-hydrogen) atoms. The maximum atomic E-state index is 11.0. The van der Waals surface area contributed by atoms with Gasteiger partial charge in [0.1, 0.15) is 0 Å². The van der Waals surface area contributed by atoms with Crippen molar-refractivity contribution in [1.82, 2.24) is 14.3 Å². The minimum Gasteiger partial charge on any atom is -0.347 e. The maximum Gasteiger partial charge on any atom is 0.150 e. The molecule has 1 aromatic carbocycles. The van der Waals surface area contributed by atoms with Crippen LogP contribution in [0.2, 0.25) is 0 Å². The normalized spacial score (nSPS) is 11.0. The second-order valence-electron chi connectivity index (χ2n) is 4.60. The highest BCUT2D eigenvalue weighted by Gasteiger charge is 2.05. The van der Waals surface area contributed by atoms with Crippen LogP contribution >= 0.6 is 0 Å². The van der Waals surface area contributed by atoms with Gasteiger partial charge in [0.25, 0.3) is 0 Å². The summed E-state index contributed by atoms with van der Waals surface area (Å²) in [5.41, 5.74) is 3.05. The number of benzene rings is 1. The number of nitrogens with zero attached hydrogens (tertiary/aromatic N) is 3. The molecule has 0 aliphatic rings. The molecular formula is C15H15N3O. The van der Waals surface area contributed by atoms with Crippen molar-refractivity contribution in [2.24, 2.45) is 7.05 Å². The zero-order valence-electron chi connectivity index (χ0n) is 10.8. The monoisotopic (exact) mass is 253 g/mol. The molecule has 3 rings (SSSR count). The minimum absolute atomic E-state index is 0.747. The summed E-state index contributed by atoms with van der Waals surface area (Å²) in [5, 5.41) is 5.18. The quantitative estimate of drug-likeness (QED) is 0.670. The number of fused-ring (bicyclic) bond motifs is 1. The van der Waals surface area contributed by atoms with Gasteiger partial charge in [0, 0.05) is 54.6 Å². The molecule has 0 saturated heterocycles. The first-order valence-corrected chi connectivity index (χ1v) is 6.29. The fourth-order valence-electron chi connectivity index (χ4n) is 2.43. The molecule has 4 nitrogen and oxygen atoms in total. The van der Waals surface area contributed by atoms with E-state index in [4.69, 9.17) is 0 Å². The summed E-state index contributed by atoms with van der Waals surface area (Å²) in [4.78, 5) is 11.0. The van der Waals surface area contributed by atoms with E-state index in [9.17, 15) is 4.79 Å². The van der Waals surface area contributed by atoms with Crippen LogP contribution in [0.1, 0.15) is 16.1 Å². The molecule has 0 bridgehead atoms. The summed E-state index contributed by atoms with van der Waals surface area (Å²) in [7, 11) is 1.95. The fraction of sp³-hybridized carbons (Fsp3) is 0.200. The van der Waals surface area contributed by atoms with Crippen LogP contribution in [0, 0.1) is 0 Å². The summed E-state index contributed by atoms with van der Waals surface area (Å²) in [6.45, 7) is 0.880.